The molecule has 0 saturated carbocycles. The molecule has 1 N–H and O–H groups in total. The molecular weight excluding hydrogens is 311 g/mol. The van der Waals surface area contributed by atoms with E-state index >= 15 is 0 Å². The SMILES string of the molecule is CCC1c2ccsc2CCN1CC(=O)NCc1ccccc1F. The van der Waals surface area contributed by atoms with Crippen LogP contribution in [-0.4, -0.2) is 23.9 Å². The lowest BCUT2D eigenvalue weighted by molar-refractivity contribution is -0.123. The maximum absolute atomic E-state index is 13.6. The molecule has 0 fully saturated rings. The lowest BCUT2D eigenvalue weighted by atomic mass is 9.98. The van der Waals surface area contributed by atoms with Crippen molar-refractivity contribution in [2.75, 3.05) is 13.1 Å². The van der Waals surface area contributed by atoms with Gasteiger partial charge in [0, 0.05) is 29.6 Å². The van der Waals surface area contributed by atoms with Gasteiger partial charge >= 0.3 is 0 Å². The Hall–Kier alpha value is -1.72. The van der Waals surface area contributed by atoms with E-state index in [0.717, 1.165) is 19.4 Å². The normalized spacial score (nSPS) is 17.7. The van der Waals surface area contributed by atoms with E-state index < -0.39 is 0 Å². The van der Waals surface area contributed by atoms with Gasteiger partial charge in [-0.2, -0.15) is 0 Å². The summed E-state index contributed by atoms with van der Waals surface area (Å²) in [5.74, 6) is -0.328. The lowest BCUT2D eigenvalue weighted by Gasteiger charge is -2.34. The van der Waals surface area contributed by atoms with Gasteiger partial charge in [-0.05, 0) is 35.9 Å². The average molecular weight is 332 g/mol. The average Bonchev–Trinajstić information content (AvgIpc) is 3.02. The Bertz CT molecular complexity index is 685. The third-order valence-corrected chi connectivity index (χ3v) is 5.37. The first-order valence-electron chi connectivity index (χ1n) is 7.99. The van der Waals surface area contributed by atoms with Gasteiger partial charge in [-0.25, -0.2) is 4.39 Å². The van der Waals surface area contributed by atoms with Crippen molar-refractivity contribution in [2.24, 2.45) is 0 Å². The molecule has 1 unspecified atom stereocenters. The molecule has 3 rings (SSSR count). The highest BCUT2D eigenvalue weighted by molar-refractivity contribution is 7.10. The topological polar surface area (TPSA) is 32.3 Å². The first-order chi connectivity index (χ1) is 11.2. The molecule has 2 aromatic rings. The molecule has 0 bridgehead atoms. The van der Waals surface area contributed by atoms with Crippen LogP contribution in [-0.2, 0) is 17.8 Å². The Kier molecular flexibility index (Phi) is 5.08. The first-order valence-corrected chi connectivity index (χ1v) is 8.87. The van der Waals surface area contributed by atoms with Crippen molar-refractivity contribution < 1.29 is 9.18 Å². The second-order valence-electron chi connectivity index (χ2n) is 5.81. The van der Waals surface area contributed by atoms with Crippen LogP contribution < -0.4 is 5.32 Å². The molecule has 1 aromatic carbocycles. The Morgan fingerprint density at radius 2 is 2.22 bits per heavy atom. The minimum absolute atomic E-state index is 0.0506. The Balaban J connectivity index is 1.59. The van der Waals surface area contributed by atoms with Gasteiger partial charge in [0.1, 0.15) is 5.82 Å². The van der Waals surface area contributed by atoms with Crippen LogP contribution >= 0.6 is 11.3 Å². The second-order valence-corrected chi connectivity index (χ2v) is 6.81. The van der Waals surface area contributed by atoms with Gasteiger partial charge in [0.05, 0.1) is 6.54 Å². The summed E-state index contributed by atoms with van der Waals surface area (Å²) in [6.07, 6.45) is 1.99. The number of halogens is 1. The van der Waals surface area contributed by atoms with E-state index in [1.54, 1.807) is 29.5 Å². The smallest absolute Gasteiger partial charge is 0.234 e. The molecule has 0 radical (unpaired) electrons. The summed E-state index contributed by atoms with van der Waals surface area (Å²) in [5.41, 5.74) is 1.89. The molecule has 1 aliphatic heterocycles. The van der Waals surface area contributed by atoms with Gasteiger partial charge in [0.25, 0.3) is 0 Å². The standard InChI is InChI=1S/C18H21FN2OS/c1-2-16-14-8-10-23-17(14)7-9-21(16)12-18(22)20-11-13-5-3-4-6-15(13)19/h3-6,8,10,16H,2,7,9,11-12H2,1H3,(H,20,22). The number of nitrogens with zero attached hydrogens (tertiary/aromatic N) is 1. The quantitative estimate of drug-likeness (QED) is 0.909. The number of carbonyl (C=O) groups is 1. The zero-order valence-electron chi connectivity index (χ0n) is 13.2. The van der Waals surface area contributed by atoms with Crippen molar-refractivity contribution in [2.45, 2.75) is 32.4 Å². The highest BCUT2D eigenvalue weighted by Gasteiger charge is 2.28. The van der Waals surface area contributed by atoms with Gasteiger partial charge in [0.15, 0.2) is 0 Å². The van der Waals surface area contributed by atoms with Crippen molar-refractivity contribution in [3.8, 4) is 0 Å². The van der Waals surface area contributed by atoms with Crippen LogP contribution in [0.4, 0.5) is 4.39 Å². The summed E-state index contributed by atoms with van der Waals surface area (Å²) in [5, 5.41) is 4.97. The molecular formula is C18H21FN2OS. The molecule has 122 valence electrons. The number of rotatable bonds is 5. The van der Waals surface area contributed by atoms with Crippen molar-refractivity contribution in [1.82, 2.24) is 10.2 Å². The molecule has 3 nitrogen and oxygen atoms in total. The van der Waals surface area contributed by atoms with E-state index in [0.29, 0.717) is 18.2 Å². The third-order valence-electron chi connectivity index (χ3n) is 4.37. The van der Waals surface area contributed by atoms with Crippen LogP contribution in [0.1, 0.15) is 35.4 Å². The van der Waals surface area contributed by atoms with Crippen molar-refractivity contribution in [3.05, 3.63) is 57.5 Å². The molecule has 0 aliphatic carbocycles. The highest BCUT2D eigenvalue weighted by atomic mass is 32.1. The third kappa shape index (κ3) is 3.62. The van der Waals surface area contributed by atoms with Crippen LogP contribution in [0, 0.1) is 5.82 Å². The maximum Gasteiger partial charge on any atom is 0.234 e. The van der Waals surface area contributed by atoms with Crippen LogP contribution in [0.2, 0.25) is 0 Å². The molecule has 5 heteroatoms. The number of benzene rings is 1. The van der Waals surface area contributed by atoms with E-state index in [1.807, 2.05) is 0 Å². The fourth-order valence-corrected chi connectivity index (χ4v) is 4.12. The number of thiophene rings is 1. The first kappa shape index (κ1) is 16.1. The fraction of sp³-hybridized carbons (Fsp3) is 0.389. The molecule has 0 saturated heterocycles. The minimum atomic E-state index is -0.278. The van der Waals surface area contributed by atoms with Gasteiger partial charge in [-0.1, -0.05) is 25.1 Å². The van der Waals surface area contributed by atoms with Crippen LogP contribution in [0.15, 0.2) is 35.7 Å². The number of amides is 1. The largest absolute Gasteiger partial charge is 0.351 e. The van der Waals surface area contributed by atoms with Gasteiger partial charge in [-0.15, -0.1) is 11.3 Å². The zero-order valence-corrected chi connectivity index (χ0v) is 14.0. The predicted molar refractivity (Wildman–Crippen MR) is 90.9 cm³/mol. The van der Waals surface area contributed by atoms with E-state index in [2.05, 4.69) is 28.6 Å². The number of fused-ring (bicyclic) bond motifs is 1. The summed E-state index contributed by atoms with van der Waals surface area (Å²) in [7, 11) is 0. The number of nitrogens with one attached hydrogen (secondary N) is 1. The zero-order chi connectivity index (χ0) is 16.2. The van der Waals surface area contributed by atoms with Crippen molar-refractivity contribution >= 4 is 17.2 Å². The number of hydrogen-bond donors (Lipinski definition) is 1. The maximum atomic E-state index is 13.6. The summed E-state index contributed by atoms with van der Waals surface area (Å²) in [6.45, 7) is 3.66. The molecule has 2 heterocycles. The molecule has 1 atom stereocenters. The molecule has 1 aromatic heterocycles. The van der Waals surface area contributed by atoms with Crippen LogP contribution in [0.25, 0.3) is 0 Å². The van der Waals surface area contributed by atoms with Gasteiger partial charge in [0.2, 0.25) is 5.91 Å². The number of carbonyl (C=O) groups excluding carboxylic acids is 1. The number of hydrogen-bond acceptors (Lipinski definition) is 3. The molecule has 1 amide bonds. The second kappa shape index (κ2) is 7.23. The fourth-order valence-electron chi connectivity index (χ4n) is 3.19. The molecule has 1 aliphatic rings. The van der Waals surface area contributed by atoms with E-state index in [9.17, 15) is 9.18 Å². The monoisotopic (exact) mass is 332 g/mol. The van der Waals surface area contributed by atoms with Crippen molar-refractivity contribution in [3.63, 3.8) is 0 Å². The minimum Gasteiger partial charge on any atom is -0.351 e. The summed E-state index contributed by atoms with van der Waals surface area (Å²) in [6, 6.07) is 9.03. The molecule has 0 spiro atoms. The van der Waals surface area contributed by atoms with E-state index in [-0.39, 0.29) is 18.3 Å². The molecule has 23 heavy (non-hydrogen) atoms. The summed E-state index contributed by atoms with van der Waals surface area (Å²) >= 11 is 1.81. The van der Waals surface area contributed by atoms with Gasteiger partial charge < -0.3 is 5.32 Å². The summed E-state index contributed by atoms with van der Waals surface area (Å²) in [4.78, 5) is 15.9. The van der Waals surface area contributed by atoms with Crippen molar-refractivity contribution in [1.29, 1.82) is 0 Å². The van der Waals surface area contributed by atoms with E-state index in [4.69, 9.17) is 0 Å². The summed E-state index contributed by atoms with van der Waals surface area (Å²) < 4.78 is 13.6. The lowest BCUT2D eigenvalue weighted by Crippen LogP contribution is -2.42. The predicted octanol–water partition coefficient (Wildman–Crippen LogP) is 3.51. The Morgan fingerprint density at radius 3 is 3.00 bits per heavy atom. The Labute approximate surface area is 140 Å². The van der Waals surface area contributed by atoms with Gasteiger partial charge in [-0.3, -0.25) is 9.69 Å². The van der Waals surface area contributed by atoms with E-state index in [1.165, 1.54) is 16.5 Å². The highest BCUT2D eigenvalue weighted by Crippen LogP contribution is 2.34. The van der Waals surface area contributed by atoms with Crippen LogP contribution in [0.3, 0.4) is 0 Å². The Morgan fingerprint density at radius 1 is 1.39 bits per heavy atom. The van der Waals surface area contributed by atoms with Crippen LogP contribution in [0.5, 0.6) is 0 Å².